The van der Waals surface area contributed by atoms with Gasteiger partial charge in [-0.2, -0.15) is 0 Å². The van der Waals surface area contributed by atoms with E-state index in [0.29, 0.717) is 24.0 Å². The number of sulfone groups is 1. The third-order valence-electron chi connectivity index (χ3n) is 2.79. The molecule has 0 saturated heterocycles. The Morgan fingerprint density at radius 2 is 2.00 bits per heavy atom. The summed E-state index contributed by atoms with van der Waals surface area (Å²) in [5.41, 5.74) is 1.24. The summed E-state index contributed by atoms with van der Waals surface area (Å²) >= 11 is 1.61. The van der Waals surface area contributed by atoms with Gasteiger partial charge in [-0.25, -0.2) is 8.42 Å². The van der Waals surface area contributed by atoms with Gasteiger partial charge in [0.05, 0.1) is 5.75 Å². The van der Waals surface area contributed by atoms with E-state index in [1.54, 1.807) is 11.8 Å². The summed E-state index contributed by atoms with van der Waals surface area (Å²) in [5.74, 6) is 1.19. The lowest BCUT2D eigenvalue weighted by molar-refractivity contribution is 0.588. The van der Waals surface area contributed by atoms with Crippen LogP contribution in [0.5, 0.6) is 0 Å². The molecule has 0 amide bonds. The van der Waals surface area contributed by atoms with Crippen LogP contribution in [0.25, 0.3) is 0 Å². The first-order chi connectivity index (χ1) is 9.43. The summed E-state index contributed by atoms with van der Waals surface area (Å²) in [6.07, 6.45) is 0.698. The quantitative estimate of drug-likeness (QED) is 0.711. The van der Waals surface area contributed by atoms with Crippen molar-refractivity contribution in [3.8, 4) is 0 Å². The van der Waals surface area contributed by atoms with Gasteiger partial charge in [0.2, 0.25) is 0 Å². The Hall–Kier alpha value is -0.520. The Bertz CT molecular complexity index is 498. The Balaban J connectivity index is 2.46. The van der Waals surface area contributed by atoms with Gasteiger partial charge in [-0.3, -0.25) is 0 Å². The first-order valence-corrected chi connectivity index (χ1v) is 9.89. The predicted molar refractivity (Wildman–Crippen MR) is 88.1 cm³/mol. The van der Waals surface area contributed by atoms with Gasteiger partial charge in [-0.1, -0.05) is 32.9 Å². The van der Waals surface area contributed by atoms with Crippen molar-refractivity contribution in [3.63, 3.8) is 0 Å². The second-order valence-electron chi connectivity index (χ2n) is 5.18. The van der Waals surface area contributed by atoms with Crippen molar-refractivity contribution in [1.82, 2.24) is 5.32 Å². The van der Waals surface area contributed by atoms with Crippen LogP contribution in [-0.4, -0.2) is 31.7 Å². The Kier molecular flexibility index (Phi) is 7.62. The molecule has 0 unspecified atom stereocenters. The summed E-state index contributed by atoms with van der Waals surface area (Å²) in [4.78, 5) is 1.14. The lowest BCUT2D eigenvalue weighted by Crippen LogP contribution is -2.21. The van der Waals surface area contributed by atoms with Crippen molar-refractivity contribution in [2.45, 2.75) is 44.7 Å². The molecule has 3 nitrogen and oxygen atoms in total. The van der Waals surface area contributed by atoms with Crippen LogP contribution < -0.4 is 5.32 Å². The van der Waals surface area contributed by atoms with E-state index in [9.17, 15) is 8.42 Å². The van der Waals surface area contributed by atoms with Crippen molar-refractivity contribution in [2.75, 3.05) is 17.3 Å². The molecule has 5 heteroatoms. The van der Waals surface area contributed by atoms with Crippen LogP contribution in [0, 0.1) is 0 Å². The van der Waals surface area contributed by atoms with Gasteiger partial charge in [0, 0.05) is 29.0 Å². The van der Waals surface area contributed by atoms with Crippen LogP contribution in [0.1, 0.15) is 32.8 Å². The number of hydrogen-bond donors (Lipinski definition) is 1. The molecule has 1 aromatic rings. The molecule has 0 aliphatic carbocycles. The van der Waals surface area contributed by atoms with E-state index in [0.717, 1.165) is 11.4 Å². The highest BCUT2D eigenvalue weighted by molar-refractivity contribution is 8.00. The van der Waals surface area contributed by atoms with Gasteiger partial charge in [0.15, 0.2) is 9.84 Å². The maximum absolute atomic E-state index is 11.6. The fourth-order valence-electron chi connectivity index (χ4n) is 1.77. The molecule has 0 aromatic heterocycles. The average molecular weight is 316 g/mol. The molecule has 1 N–H and O–H groups in total. The van der Waals surface area contributed by atoms with Gasteiger partial charge in [-0.15, -0.1) is 11.8 Å². The van der Waals surface area contributed by atoms with Crippen LogP contribution in [0.4, 0.5) is 0 Å². The van der Waals surface area contributed by atoms with E-state index in [-0.39, 0.29) is 5.75 Å². The normalized spacial score (nSPS) is 12.0. The topological polar surface area (TPSA) is 46.2 Å². The number of hydrogen-bond acceptors (Lipinski definition) is 4. The molecule has 0 aliphatic heterocycles. The third kappa shape index (κ3) is 7.31. The number of nitrogens with one attached hydrogen (secondary N) is 1. The molecule has 1 rings (SSSR count). The standard InChI is InChI=1S/C15H25NO2S2/c1-4-9-20(17,18)10-8-19-15-7-5-6-14(11-15)12-16-13(2)3/h5-7,11,13,16H,4,8-10,12H2,1-3H3. The Morgan fingerprint density at radius 3 is 2.65 bits per heavy atom. The molecular formula is C15H25NO2S2. The summed E-state index contributed by atoms with van der Waals surface area (Å²) in [7, 11) is -2.87. The first-order valence-electron chi connectivity index (χ1n) is 7.08. The lowest BCUT2D eigenvalue weighted by Gasteiger charge is -2.09. The van der Waals surface area contributed by atoms with E-state index >= 15 is 0 Å². The molecule has 0 atom stereocenters. The molecular weight excluding hydrogens is 290 g/mol. The zero-order valence-electron chi connectivity index (χ0n) is 12.6. The van der Waals surface area contributed by atoms with E-state index < -0.39 is 9.84 Å². The summed E-state index contributed by atoms with van der Waals surface area (Å²) in [6, 6.07) is 8.75. The largest absolute Gasteiger partial charge is 0.310 e. The van der Waals surface area contributed by atoms with Crippen molar-refractivity contribution in [2.24, 2.45) is 0 Å². The van der Waals surface area contributed by atoms with Crippen LogP contribution >= 0.6 is 11.8 Å². The Morgan fingerprint density at radius 1 is 1.25 bits per heavy atom. The van der Waals surface area contributed by atoms with Gasteiger partial charge >= 0.3 is 0 Å². The third-order valence-corrected chi connectivity index (χ3v) is 5.90. The van der Waals surface area contributed by atoms with Crippen molar-refractivity contribution in [3.05, 3.63) is 29.8 Å². The first kappa shape index (κ1) is 17.5. The van der Waals surface area contributed by atoms with E-state index in [4.69, 9.17) is 0 Å². The second-order valence-corrected chi connectivity index (χ2v) is 8.66. The van der Waals surface area contributed by atoms with Gasteiger partial charge in [0.1, 0.15) is 0 Å². The lowest BCUT2D eigenvalue weighted by atomic mass is 10.2. The van der Waals surface area contributed by atoms with Gasteiger partial charge < -0.3 is 5.32 Å². The van der Waals surface area contributed by atoms with Gasteiger partial charge in [0.25, 0.3) is 0 Å². The summed E-state index contributed by atoms with van der Waals surface area (Å²) in [6.45, 7) is 6.99. The van der Waals surface area contributed by atoms with Crippen LogP contribution in [0.2, 0.25) is 0 Å². The minimum absolute atomic E-state index is 0.264. The molecule has 0 saturated carbocycles. The van der Waals surface area contributed by atoms with Crippen LogP contribution in [0.3, 0.4) is 0 Å². The highest BCUT2D eigenvalue weighted by atomic mass is 32.2. The van der Waals surface area contributed by atoms with Crippen molar-refractivity contribution >= 4 is 21.6 Å². The molecule has 0 heterocycles. The van der Waals surface area contributed by atoms with Gasteiger partial charge in [-0.05, 0) is 24.1 Å². The number of thioether (sulfide) groups is 1. The van der Waals surface area contributed by atoms with Crippen LogP contribution in [0.15, 0.2) is 29.2 Å². The highest BCUT2D eigenvalue weighted by Gasteiger charge is 2.09. The highest BCUT2D eigenvalue weighted by Crippen LogP contribution is 2.19. The molecule has 0 spiro atoms. The van der Waals surface area contributed by atoms with E-state index in [1.165, 1.54) is 5.56 Å². The Labute approximate surface area is 127 Å². The molecule has 0 aliphatic rings. The fraction of sp³-hybridized carbons (Fsp3) is 0.600. The molecule has 0 fully saturated rings. The molecule has 20 heavy (non-hydrogen) atoms. The SMILES string of the molecule is CCCS(=O)(=O)CCSc1cccc(CNC(C)C)c1. The predicted octanol–water partition coefficient (Wildman–Crippen LogP) is 3.10. The second kappa shape index (κ2) is 8.70. The smallest absolute Gasteiger partial charge is 0.151 e. The fourth-order valence-corrected chi connectivity index (χ4v) is 4.59. The molecule has 1 aromatic carbocycles. The van der Waals surface area contributed by atoms with Crippen LogP contribution in [-0.2, 0) is 16.4 Å². The number of rotatable bonds is 9. The maximum Gasteiger partial charge on any atom is 0.151 e. The zero-order valence-corrected chi connectivity index (χ0v) is 14.2. The van der Waals surface area contributed by atoms with Crippen molar-refractivity contribution < 1.29 is 8.42 Å². The minimum atomic E-state index is -2.87. The summed E-state index contributed by atoms with van der Waals surface area (Å²) < 4.78 is 23.3. The zero-order chi connectivity index (χ0) is 15.0. The monoisotopic (exact) mass is 315 g/mol. The average Bonchev–Trinajstić information content (AvgIpc) is 2.36. The van der Waals surface area contributed by atoms with Crippen molar-refractivity contribution in [1.29, 1.82) is 0 Å². The minimum Gasteiger partial charge on any atom is -0.310 e. The summed E-state index contributed by atoms with van der Waals surface area (Å²) in [5, 5.41) is 3.38. The molecule has 0 radical (unpaired) electrons. The molecule has 114 valence electrons. The van der Waals surface area contributed by atoms with E-state index in [1.807, 2.05) is 19.1 Å². The number of benzene rings is 1. The molecule has 0 bridgehead atoms. The maximum atomic E-state index is 11.6. The van der Waals surface area contributed by atoms with E-state index in [2.05, 4.69) is 31.3 Å².